The minimum absolute atomic E-state index is 0.0141. The maximum atomic E-state index is 13.9. The van der Waals surface area contributed by atoms with Gasteiger partial charge in [-0.15, -0.1) is 0 Å². The van der Waals surface area contributed by atoms with E-state index in [0.29, 0.717) is 0 Å². The normalized spacial score (nSPS) is 34.5. The lowest BCUT2D eigenvalue weighted by Gasteiger charge is -2.46. The maximum Gasteiger partial charge on any atom is 0.140 e. The van der Waals surface area contributed by atoms with Crippen LogP contribution in [0.2, 0.25) is 0 Å². The Bertz CT molecular complexity index is 1180. The van der Waals surface area contributed by atoms with E-state index >= 15 is 0 Å². The molecule has 3 aromatic rings. The average Bonchev–Trinajstić information content (AvgIpc) is 3.43. The van der Waals surface area contributed by atoms with Gasteiger partial charge in [-0.3, -0.25) is 0 Å². The highest BCUT2D eigenvalue weighted by molar-refractivity contribution is 5.89. The first-order chi connectivity index (χ1) is 14.1. The number of aliphatic hydroxyl groups excluding tert-OH is 2. The second kappa shape index (κ2) is 5.82. The molecule has 2 aromatic carbocycles. The lowest BCUT2D eigenvalue weighted by molar-refractivity contribution is -0.0465. The number of aromatic amines is 1. The smallest absolute Gasteiger partial charge is 0.140 e. The maximum absolute atomic E-state index is 13.9. The standard InChI is InChI=1S/C23H20FN3O2/c24-15-2-1-10(7-11(15)9-25)21-20-14-8-13(22(28)23(14)29)19(20)18-12-5-6-26-16(12)3-4-17(18)27-21/h1-7,13-14,19-23,26-29H,8H2/t13?,14?,19-,20-,21?,22?,23?/m1/s1. The van der Waals surface area contributed by atoms with E-state index in [-0.39, 0.29) is 35.3 Å². The first-order valence-corrected chi connectivity index (χ1v) is 10.0. The zero-order valence-corrected chi connectivity index (χ0v) is 15.5. The lowest BCUT2D eigenvalue weighted by Crippen LogP contribution is -2.46. The molecule has 6 rings (SSSR count). The van der Waals surface area contributed by atoms with Crippen LogP contribution in [0.3, 0.4) is 0 Å². The first-order valence-electron chi connectivity index (χ1n) is 10.0. The molecule has 1 aromatic heterocycles. The van der Waals surface area contributed by atoms with Gasteiger partial charge in [0.1, 0.15) is 11.9 Å². The van der Waals surface area contributed by atoms with Crippen LogP contribution in [0, 0.1) is 34.9 Å². The number of aliphatic hydroxyl groups is 2. The van der Waals surface area contributed by atoms with Crippen LogP contribution in [0.1, 0.15) is 35.1 Å². The van der Waals surface area contributed by atoms with Crippen LogP contribution in [0.15, 0.2) is 42.6 Å². The van der Waals surface area contributed by atoms with Gasteiger partial charge in [0.25, 0.3) is 0 Å². The number of hydrogen-bond donors (Lipinski definition) is 4. The predicted molar refractivity (Wildman–Crippen MR) is 106 cm³/mol. The summed E-state index contributed by atoms with van der Waals surface area (Å²) in [6.07, 6.45) is 1.20. The van der Waals surface area contributed by atoms with Gasteiger partial charge in [-0.1, -0.05) is 6.07 Å². The summed E-state index contributed by atoms with van der Waals surface area (Å²) in [7, 11) is 0. The van der Waals surface area contributed by atoms with Gasteiger partial charge in [-0.05, 0) is 71.6 Å². The van der Waals surface area contributed by atoms with Crippen molar-refractivity contribution in [3.8, 4) is 6.07 Å². The minimum Gasteiger partial charge on any atom is -0.390 e. The number of rotatable bonds is 1. The average molecular weight is 389 g/mol. The molecule has 6 heteroatoms. The SMILES string of the molecule is N#Cc1cc(C2Nc3ccc4[nH]ccc4c3[C@H]3C4CC(C(O)C4O)[C@@H]23)ccc1F. The number of hydrogen-bond acceptors (Lipinski definition) is 4. The highest BCUT2D eigenvalue weighted by Crippen LogP contribution is 2.64. The van der Waals surface area contributed by atoms with E-state index in [9.17, 15) is 19.9 Å². The Labute approximate surface area is 166 Å². The van der Waals surface area contributed by atoms with Crippen LogP contribution < -0.4 is 5.32 Å². The molecule has 2 saturated carbocycles. The molecule has 5 unspecified atom stereocenters. The molecule has 2 bridgehead atoms. The topological polar surface area (TPSA) is 92.1 Å². The van der Waals surface area contributed by atoms with Crippen molar-refractivity contribution in [2.45, 2.75) is 30.6 Å². The summed E-state index contributed by atoms with van der Waals surface area (Å²) in [4.78, 5) is 3.26. The quantitative estimate of drug-likeness (QED) is 0.513. The zero-order valence-electron chi connectivity index (χ0n) is 15.5. The molecule has 3 aliphatic rings. The van der Waals surface area contributed by atoms with E-state index in [1.807, 2.05) is 24.4 Å². The Balaban J connectivity index is 1.56. The molecule has 0 radical (unpaired) electrons. The fourth-order valence-corrected chi connectivity index (χ4v) is 6.29. The van der Waals surface area contributed by atoms with Gasteiger partial charge >= 0.3 is 0 Å². The summed E-state index contributed by atoms with van der Waals surface area (Å²) in [5.74, 6) is -0.435. The molecule has 0 spiro atoms. The van der Waals surface area contributed by atoms with Gasteiger partial charge in [0.2, 0.25) is 0 Å². The minimum atomic E-state index is -0.756. The highest BCUT2D eigenvalue weighted by Gasteiger charge is 2.61. The monoisotopic (exact) mass is 389 g/mol. The number of nitrogens with zero attached hydrogens (tertiary/aromatic N) is 1. The van der Waals surface area contributed by atoms with Crippen LogP contribution in [-0.2, 0) is 0 Å². The Kier molecular flexibility index (Phi) is 3.41. The summed E-state index contributed by atoms with van der Waals surface area (Å²) in [5, 5.41) is 35.4. The number of aromatic nitrogens is 1. The van der Waals surface area contributed by atoms with Crippen molar-refractivity contribution < 1.29 is 14.6 Å². The molecule has 0 amide bonds. The fraction of sp³-hybridized carbons (Fsp3) is 0.348. The first kappa shape index (κ1) is 17.0. The predicted octanol–water partition coefficient (Wildman–Crippen LogP) is 3.42. The van der Waals surface area contributed by atoms with Gasteiger partial charge in [0, 0.05) is 22.8 Å². The molecular formula is C23H20FN3O2. The van der Waals surface area contributed by atoms with E-state index in [2.05, 4.69) is 16.4 Å². The second-order valence-corrected chi connectivity index (χ2v) is 8.59. The van der Waals surface area contributed by atoms with Gasteiger partial charge in [-0.25, -0.2) is 4.39 Å². The molecule has 4 N–H and O–H groups in total. The number of benzene rings is 2. The Morgan fingerprint density at radius 1 is 1.07 bits per heavy atom. The van der Waals surface area contributed by atoms with Crippen molar-refractivity contribution >= 4 is 16.6 Å². The summed E-state index contributed by atoms with van der Waals surface area (Å²) in [6, 6.07) is 12.6. The van der Waals surface area contributed by atoms with Crippen molar-refractivity contribution in [3.63, 3.8) is 0 Å². The van der Waals surface area contributed by atoms with E-state index < -0.39 is 18.0 Å². The van der Waals surface area contributed by atoms with Crippen molar-refractivity contribution in [1.82, 2.24) is 4.98 Å². The molecule has 2 heterocycles. The molecule has 2 fully saturated rings. The second-order valence-electron chi connectivity index (χ2n) is 8.59. The molecule has 2 aliphatic carbocycles. The van der Waals surface area contributed by atoms with Crippen LogP contribution in [0.4, 0.5) is 10.1 Å². The molecule has 29 heavy (non-hydrogen) atoms. The van der Waals surface area contributed by atoms with Gasteiger partial charge < -0.3 is 20.5 Å². The largest absolute Gasteiger partial charge is 0.390 e. The number of anilines is 1. The number of H-pyrrole nitrogens is 1. The molecular weight excluding hydrogens is 369 g/mol. The number of fused-ring (bicyclic) bond motifs is 9. The summed E-state index contributed by atoms with van der Waals surface area (Å²) in [5.41, 5.74) is 4.10. The van der Waals surface area contributed by atoms with E-state index in [0.717, 1.165) is 28.6 Å². The molecule has 5 nitrogen and oxygen atoms in total. The third-order valence-electron chi connectivity index (χ3n) is 7.42. The van der Waals surface area contributed by atoms with Crippen LogP contribution in [0.25, 0.3) is 10.9 Å². The molecule has 1 aliphatic heterocycles. The van der Waals surface area contributed by atoms with Crippen molar-refractivity contribution in [3.05, 3.63) is 65.1 Å². The summed E-state index contributed by atoms with van der Waals surface area (Å²) < 4.78 is 13.9. The number of halogens is 1. The van der Waals surface area contributed by atoms with E-state index in [4.69, 9.17) is 0 Å². The van der Waals surface area contributed by atoms with Crippen LogP contribution >= 0.6 is 0 Å². The number of nitrogens with one attached hydrogen (secondary N) is 2. The van der Waals surface area contributed by atoms with Crippen LogP contribution in [-0.4, -0.2) is 27.4 Å². The Morgan fingerprint density at radius 3 is 2.72 bits per heavy atom. The fourth-order valence-electron chi connectivity index (χ4n) is 6.29. The van der Waals surface area contributed by atoms with Crippen molar-refractivity contribution in [2.75, 3.05) is 5.32 Å². The Morgan fingerprint density at radius 2 is 1.90 bits per heavy atom. The summed E-state index contributed by atoms with van der Waals surface area (Å²) >= 11 is 0. The van der Waals surface area contributed by atoms with Gasteiger partial charge in [-0.2, -0.15) is 5.26 Å². The number of nitriles is 1. The Hall–Kier alpha value is -2.88. The van der Waals surface area contributed by atoms with Crippen molar-refractivity contribution in [1.29, 1.82) is 5.26 Å². The molecule has 7 atom stereocenters. The lowest BCUT2D eigenvalue weighted by atomic mass is 9.66. The van der Waals surface area contributed by atoms with Gasteiger partial charge in [0.15, 0.2) is 0 Å². The zero-order chi connectivity index (χ0) is 19.9. The molecule has 0 saturated heterocycles. The molecule has 146 valence electrons. The summed E-state index contributed by atoms with van der Waals surface area (Å²) in [6.45, 7) is 0. The van der Waals surface area contributed by atoms with Crippen molar-refractivity contribution in [2.24, 2.45) is 17.8 Å². The van der Waals surface area contributed by atoms with E-state index in [1.165, 1.54) is 11.6 Å². The van der Waals surface area contributed by atoms with Gasteiger partial charge in [0.05, 0.1) is 23.8 Å². The highest BCUT2D eigenvalue weighted by atomic mass is 19.1. The third kappa shape index (κ3) is 2.14. The third-order valence-corrected chi connectivity index (χ3v) is 7.42. The van der Waals surface area contributed by atoms with E-state index in [1.54, 1.807) is 12.1 Å². The van der Waals surface area contributed by atoms with Crippen LogP contribution in [0.5, 0.6) is 0 Å².